The van der Waals surface area contributed by atoms with Crippen LogP contribution in [-0.2, 0) is 4.79 Å². The van der Waals surface area contributed by atoms with E-state index in [2.05, 4.69) is 26.9 Å². The third-order valence-corrected chi connectivity index (χ3v) is 6.34. The van der Waals surface area contributed by atoms with Gasteiger partial charge in [-0.05, 0) is 62.4 Å². The molecule has 0 spiro atoms. The van der Waals surface area contributed by atoms with E-state index in [1.165, 1.54) is 50.8 Å². The fourth-order valence-electron chi connectivity index (χ4n) is 4.93. The molecule has 1 N–H and O–H groups in total. The van der Waals surface area contributed by atoms with E-state index < -0.39 is 0 Å². The van der Waals surface area contributed by atoms with Gasteiger partial charge in [0, 0.05) is 25.0 Å². The number of fused-ring (bicyclic) bond motifs is 1. The van der Waals surface area contributed by atoms with Crippen molar-refractivity contribution in [2.45, 2.75) is 50.6 Å². The maximum atomic E-state index is 12.8. The van der Waals surface area contributed by atoms with Gasteiger partial charge in [-0.25, -0.2) is 0 Å². The minimum atomic E-state index is 0.0544. The molecule has 2 aromatic rings. The highest BCUT2D eigenvalue weighted by atomic mass is 16.1. The molecule has 2 saturated heterocycles. The van der Waals surface area contributed by atoms with Crippen LogP contribution in [0.1, 0.15) is 50.1 Å². The number of nitrogens with zero attached hydrogens (tertiary/aromatic N) is 2. The van der Waals surface area contributed by atoms with Crippen molar-refractivity contribution < 1.29 is 4.79 Å². The van der Waals surface area contributed by atoms with Gasteiger partial charge in [-0.15, -0.1) is 0 Å². The molecule has 1 aromatic heterocycles. The molecule has 3 heterocycles. The molecule has 1 aromatic carbocycles. The lowest BCUT2D eigenvalue weighted by atomic mass is 9.83. The Bertz CT molecular complexity index is 710. The average Bonchev–Trinajstić information content (AvgIpc) is 3.25. The van der Waals surface area contributed by atoms with E-state index in [0.717, 1.165) is 6.54 Å². The summed E-state index contributed by atoms with van der Waals surface area (Å²) in [5.74, 6) is 0.773. The van der Waals surface area contributed by atoms with E-state index in [0.29, 0.717) is 18.4 Å². The van der Waals surface area contributed by atoms with Crippen LogP contribution in [0.5, 0.6) is 0 Å². The highest BCUT2D eigenvalue weighted by Gasteiger charge is 2.33. The standard InChI is InChI=1S/C23H31N3O/c27-23(24-18-20-11-8-16-25-13-5-4-12-21(20)25)17-22(26-14-6-7-15-26)19-9-2-1-3-10-19/h1-3,6-7,9-10,14-15,20-22H,4-5,8,11-13,16-18H2,(H,24,27)/t20-,21+,22?/m0/s1. The molecule has 2 aliphatic heterocycles. The minimum Gasteiger partial charge on any atom is -0.356 e. The third-order valence-electron chi connectivity index (χ3n) is 6.34. The maximum Gasteiger partial charge on any atom is 0.222 e. The number of hydrogen-bond donors (Lipinski definition) is 1. The van der Waals surface area contributed by atoms with E-state index >= 15 is 0 Å². The van der Waals surface area contributed by atoms with Crippen molar-refractivity contribution in [1.29, 1.82) is 0 Å². The van der Waals surface area contributed by atoms with E-state index in [1.54, 1.807) is 0 Å². The number of rotatable bonds is 6. The van der Waals surface area contributed by atoms with Crippen molar-refractivity contribution >= 4 is 5.91 Å². The Morgan fingerprint density at radius 2 is 1.78 bits per heavy atom. The van der Waals surface area contributed by atoms with Crippen LogP contribution in [0.25, 0.3) is 0 Å². The number of amides is 1. The summed E-state index contributed by atoms with van der Waals surface area (Å²) in [7, 11) is 0. The molecule has 1 unspecified atom stereocenters. The van der Waals surface area contributed by atoms with Gasteiger partial charge in [-0.1, -0.05) is 36.8 Å². The van der Waals surface area contributed by atoms with Crippen molar-refractivity contribution in [3.05, 3.63) is 60.4 Å². The number of hydrogen-bond acceptors (Lipinski definition) is 2. The van der Waals surface area contributed by atoms with Gasteiger partial charge in [0.1, 0.15) is 0 Å². The molecule has 0 aliphatic carbocycles. The molecule has 0 saturated carbocycles. The van der Waals surface area contributed by atoms with Crippen LogP contribution < -0.4 is 5.32 Å². The smallest absolute Gasteiger partial charge is 0.222 e. The van der Waals surface area contributed by atoms with E-state index in [9.17, 15) is 4.79 Å². The fraction of sp³-hybridized carbons (Fsp3) is 0.522. The molecule has 0 radical (unpaired) electrons. The van der Waals surface area contributed by atoms with Crippen molar-refractivity contribution in [1.82, 2.24) is 14.8 Å². The van der Waals surface area contributed by atoms with Gasteiger partial charge in [-0.2, -0.15) is 0 Å². The Morgan fingerprint density at radius 3 is 2.59 bits per heavy atom. The third kappa shape index (κ3) is 4.44. The summed E-state index contributed by atoms with van der Waals surface area (Å²) in [6.45, 7) is 3.32. The van der Waals surface area contributed by atoms with Crippen LogP contribution >= 0.6 is 0 Å². The lowest BCUT2D eigenvalue weighted by Gasteiger charge is -2.44. The molecule has 144 valence electrons. The monoisotopic (exact) mass is 365 g/mol. The van der Waals surface area contributed by atoms with E-state index in [4.69, 9.17) is 0 Å². The zero-order chi connectivity index (χ0) is 18.5. The predicted molar refractivity (Wildman–Crippen MR) is 109 cm³/mol. The first-order valence-electron chi connectivity index (χ1n) is 10.5. The Balaban J connectivity index is 1.37. The lowest BCUT2D eigenvalue weighted by molar-refractivity contribution is -0.122. The predicted octanol–water partition coefficient (Wildman–Crippen LogP) is 3.85. The van der Waals surface area contributed by atoms with Crippen LogP contribution in [0.15, 0.2) is 54.9 Å². The van der Waals surface area contributed by atoms with Crippen molar-refractivity contribution in [3.8, 4) is 0 Å². The minimum absolute atomic E-state index is 0.0544. The summed E-state index contributed by atoms with van der Waals surface area (Å²) in [5, 5.41) is 3.27. The Kier molecular flexibility index (Phi) is 5.93. The SMILES string of the molecule is O=C(CC(c1ccccc1)n1cccc1)NC[C@@H]1CCCN2CCCC[C@H]12. The number of carbonyl (C=O) groups excluding carboxylic acids is 1. The molecule has 2 fully saturated rings. The van der Waals surface area contributed by atoms with Crippen LogP contribution in [-0.4, -0.2) is 41.1 Å². The number of piperidine rings is 2. The molecule has 1 amide bonds. The quantitative estimate of drug-likeness (QED) is 0.844. The second kappa shape index (κ2) is 8.75. The Hall–Kier alpha value is -2.07. The Labute approximate surface area is 162 Å². The zero-order valence-electron chi connectivity index (χ0n) is 16.1. The molecule has 4 nitrogen and oxygen atoms in total. The summed E-state index contributed by atoms with van der Waals surface area (Å²) < 4.78 is 2.14. The fourth-order valence-corrected chi connectivity index (χ4v) is 4.93. The van der Waals surface area contributed by atoms with Gasteiger partial charge in [0.25, 0.3) is 0 Å². The Morgan fingerprint density at radius 1 is 1.00 bits per heavy atom. The first-order valence-corrected chi connectivity index (χ1v) is 10.5. The summed E-state index contributed by atoms with van der Waals surface area (Å²) in [6, 6.07) is 15.1. The first-order chi connectivity index (χ1) is 13.3. The molecule has 27 heavy (non-hydrogen) atoms. The molecular weight excluding hydrogens is 334 g/mol. The highest BCUT2D eigenvalue weighted by molar-refractivity contribution is 5.76. The summed E-state index contributed by atoms with van der Waals surface area (Å²) in [6.07, 6.45) is 11.1. The van der Waals surface area contributed by atoms with Gasteiger partial charge < -0.3 is 14.8 Å². The topological polar surface area (TPSA) is 37.3 Å². The zero-order valence-corrected chi connectivity index (χ0v) is 16.1. The van der Waals surface area contributed by atoms with Crippen LogP contribution in [0.2, 0.25) is 0 Å². The molecule has 4 rings (SSSR count). The number of nitrogens with one attached hydrogen (secondary N) is 1. The van der Waals surface area contributed by atoms with Crippen LogP contribution in [0, 0.1) is 5.92 Å². The van der Waals surface area contributed by atoms with Gasteiger partial charge in [0.2, 0.25) is 5.91 Å². The van der Waals surface area contributed by atoms with E-state index in [1.807, 2.05) is 42.7 Å². The van der Waals surface area contributed by atoms with Gasteiger partial charge in [0.05, 0.1) is 12.5 Å². The molecular formula is C23H31N3O. The molecule has 3 atom stereocenters. The number of benzene rings is 1. The van der Waals surface area contributed by atoms with E-state index in [-0.39, 0.29) is 11.9 Å². The first kappa shape index (κ1) is 18.3. The number of carbonyl (C=O) groups is 1. The lowest BCUT2D eigenvalue weighted by Crippen LogP contribution is -2.51. The average molecular weight is 366 g/mol. The molecule has 2 aliphatic rings. The largest absolute Gasteiger partial charge is 0.356 e. The van der Waals surface area contributed by atoms with Crippen molar-refractivity contribution in [2.75, 3.05) is 19.6 Å². The second-order valence-corrected chi connectivity index (χ2v) is 8.07. The van der Waals surface area contributed by atoms with Gasteiger partial charge in [0.15, 0.2) is 0 Å². The van der Waals surface area contributed by atoms with Crippen molar-refractivity contribution in [2.24, 2.45) is 5.92 Å². The summed E-state index contributed by atoms with van der Waals surface area (Å²) >= 11 is 0. The summed E-state index contributed by atoms with van der Waals surface area (Å²) in [5.41, 5.74) is 1.18. The molecule has 0 bridgehead atoms. The van der Waals surface area contributed by atoms with Crippen LogP contribution in [0.3, 0.4) is 0 Å². The molecule has 4 heteroatoms. The highest BCUT2D eigenvalue weighted by Crippen LogP contribution is 2.30. The van der Waals surface area contributed by atoms with Crippen molar-refractivity contribution in [3.63, 3.8) is 0 Å². The van der Waals surface area contributed by atoms with Gasteiger partial charge in [-0.3, -0.25) is 4.79 Å². The van der Waals surface area contributed by atoms with Gasteiger partial charge >= 0.3 is 0 Å². The second-order valence-electron chi connectivity index (χ2n) is 8.07. The normalized spacial score (nSPS) is 24.1. The maximum absolute atomic E-state index is 12.8. The van der Waals surface area contributed by atoms with Crippen LogP contribution in [0.4, 0.5) is 0 Å². The summed E-state index contributed by atoms with van der Waals surface area (Å²) in [4.78, 5) is 15.4. The number of aromatic nitrogens is 1.